The number of thiophene rings is 1. The first kappa shape index (κ1) is 13.9. The predicted molar refractivity (Wildman–Crippen MR) is 84.4 cm³/mol. The number of halogens is 1. The summed E-state index contributed by atoms with van der Waals surface area (Å²) in [6.45, 7) is 1.28. The van der Waals surface area contributed by atoms with Gasteiger partial charge in [0.15, 0.2) is 0 Å². The van der Waals surface area contributed by atoms with E-state index in [0.29, 0.717) is 24.1 Å². The molecule has 0 saturated carbocycles. The van der Waals surface area contributed by atoms with Gasteiger partial charge in [0, 0.05) is 10.9 Å². The third-order valence-electron chi connectivity index (χ3n) is 2.88. The van der Waals surface area contributed by atoms with E-state index >= 15 is 0 Å². The van der Waals surface area contributed by atoms with Crippen LogP contribution >= 0.6 is 22.9 Å². The molecule has 3 aromatic rings. The van der Waals surface area contributed by atoms with Crippen molar-refractivity contribution in [2.75, 3.05) is 10.6 Å². The van der Waals surface area contributed by atoms with Gasteiger partial charge in [-0.1, -0.05) is 17.7 Å². The average Bonchev–Trinajstić information content (AvgIpc) is 3.10. The van der Waals surface area contributed by atoms with Gasteiger partial charge in [-0.3, -0.25) is 0 Å². The fourth-order valence-corrected chi connectivity index (χ4v) is 2.89. The Morgan fingerprint density at radius 1 is 1.24 bits per heavy atom. The number of aromatic nitrogens is 2. The minimum atomic E-state index is 0.160. The first-order valence-electron chi connectivity index (χ1n) is 6.30. The van der Waals surface area contributed by atoms with Crippen LogP contribution < -0.4 is 10.6 Å². The number of hydrogen-bond donors (Lipinski definition) is 1. The van der Waals surface area contributed by atoms with Crippen molar-refractivity contribution in [1.29, 1.82) is 0 Å². The van der Waals surface area contributed by atoms with E-state index in [1.165, 1.54) is 4.88 Å². The third kappa shape index (κ3) is 3.53. The summed E-state index contributed by atoms with van der Waals surface area (Å²) in [5, 5.41) is 2.37. The monoisotopic (exact) mass is 320 g/mol. The Balaban J connectivity index is 1.90. The van der Waals surface area contributed by atoms with Crippen LogP contribution in [0.2, 0.25) is 5.15 Å². The van der Waals surface area contributed by atoms with Gasteiger partial charge in [-0.15, -0.1) is 11.3 Å². The van der Waals surface area contributed by atoms with Gasteiger partial charge in [0.2, 0.25) is 5.95 Å². The summed E-state index contributed by atoms with van der Waals surface area (Å²) >= 11 is 7.67. The van der Waals surface area contributed by atoms with Gasteiger partial charge >= 0.3 is 0 Å². The first-order chi connectivity index (χ1) is 10.2. The first-order valence-corrected chi connectivity index (χ1v) is 7.56. The van der Waals surface area contributed by atoms with Crippen molar-refractivity contribution in [2.24, 2.45) is 0 Å². The lowest BCUT2D eigenvalue weighted by molar-refractivity contribution is 0.501. The van der Waals surface area contributed by atoms with Crippen LogP contribution in [0, 0.1) is 0 Å². The van der Waals surface area contributed by atoms with E-state index in [9.17, 15) is 0 Å². The van der Waals surface area contributed by atoms with Gasteiger partial charge in [-0.25, -0.2) is 4.98 Å². The van der Waals surface area contributed by atoms with Gasteiger partial charge in [0.1, 0.15) is 16.7 Å². The number of anilines is 2. The zero-order valence-corrected chi connectivity index (χ0v) is 12.6. The minimum absolute atomic E-state index is 0.160. The summed E-state index contributed by atoms with van der Waals surface area (Å²) in [5.41, 5.74) is 5.69. The number of hydrogen-bond acceptors (Lipinski definition) is 6. The molecule has 0 radical (unpaired) electrons. The van der Waals surface area contributed by atoms with Crippen molar-refractivity contribution in [3.63, 3.8) is 0 Å². The normalized spacial score (nSPS) is 10.7. The van der Waals surface area contributed by atoms with E-state index in [-0.39, 0.29) is 5.95 Å². The summed E-state index contributed by atoms with van der Waals surface area (Å²) < 4.78 is 5.42. The van der Waals surface area contributed by atoms with Crippen molar-refractivity contribution in [1.82, 2.24) is 9.97 Å². The van der Waals surface area contributed by atoms with Gasteiger partial charge < -0.3 is 15.1 Å². The lowest BCUT2D eigenvalue weighted by Gasteiger charge is -2.22. The Bertz CT molecular complexity index is 643. The molecule has 0 fully saturated rings. The maximum absolute atomic E-state index is 5.98. The summed E-state index contributed by atoms with van der Waals surface area (Å²) in [6.07, 6.45) is 1.65. The van der Waals surface area contributed by atoms with Crippen molar-refractivity contribution in [3.05, 3.63) is 57.8 Å². The second-order valence-corrected chi connectivity index (χ2v) is 5.84. The van der Waals surface area contributed by atoms with E-state index in [4.69, 9.17) is 21.8 Å². The molecule has 21 heavy (non-hydrogen) atoms. The summed E-state index contributed by atoms with van der Waals surface area (Å²) in [7, 11) is 0. The number of rotatable bonds is 5. The molecular formula is C14H13ClN4OS. The fourth-order valence-electron chi connectivity index (χ4n) is 1.98. The van der Waals surface area contributed by atoms with Gasteiger partial charge in [-0.05, 0) is 23.6 Å². The quantitative estimate of drug-likeness (QED) is 0.728. The van der Waals surface area contributed by atoms with Crippen molar-refractivity contribution >= 4 is 34.7 Å². The molecule has 3 rings (SSSR count). The average molecular weight is 321 g/mol. The molecule has 2 N–H and O–H groups in total. The maximum Gasteiger partial charge on any atom is 0.223 e. The van der Waals surface area contributed by atoms with Gasteiger partial charge in [0.05, 0.1) is 19.4 Å². The number of nitrogens with zero attached hydrogens (tertiary/aromatic N) is 3. The van der Waals surface area contributed by atoms with E-state index < -0.39 is 0 Å². The standard InChI is InChI=1S/C14H13ClN4OS/c15-12-7-13(18-14(16)17-12)19(8-10-3-1-5-20-10)9-11-4-2-6-21-11/h1-7H,8-9H2,(H2,16,17,18). The summed E-state index contributed by atoms with van der Waals surface area (Å²) in [4.78, 5) is 11.4. The molecule has 0 aliphatic carbocycles. The molecule has 0 saturated heterocycles. The highest BCUT2D eigenvalue weighted by atomic mass is 35.5. The van der Waals surface area contributed by atoms with Crippen molar-refractivity contribution in [3.8, 4) is 0 Å². The molecular weight excluding hydrogens is 308 g/mol. The number of nitrogens with two attached hydrogens (primary N) is 1. The zero-order valence-electron chi connectivity index (χ0n) is 11.1. The molecule has 0 unspecified atom stereocenters. The molecule has 0 spiro atoms. The van der Waals surface area contributed by atoms with Crippen LogP contribution in [0.3, 0.4) is 0 Å². The lowest BCUT2D eigenvalue weighted by atomic mass is 10.3. The van der Waals surface area contributed by atoms with Crippen molar-refractivity contribution in [2.45, 2.75) is 13.1 Å². The SMILES string of the molecule is Nc1nc(Cl)cc(N(Cc2ccco2)Cc2cccs2)n1. The highest BCUT2D eigenvalue weighted by molar-refractivity contribution is 7.09. The van der Waals surface area contributed by atoms with Crippen LogP contribution in [0.5, 0.6) is 0 Å². The molecule has 0 aliphatic rings. The van der Waals surface area contributed by atoms with E-state index in [1.54, 1.807) is 23.7 Å². The van der Waals surface area contributed by atoms with Crippen LogP contribution in [-0.2, 0) is 13.1 Å². The van der Waals surface area contributed by atoms with Crippen LogP contribution in [0.4, 0.5) is 11.8 Å². The third-order valence-corrected chi connectivity index (χ3v) is 3.93. The number of furan rings is 1. The Labute approximate surface area is 131 Å². The van der Waals surface area contributed by atoms with Crippen molar-refractivity contribution < 1.29 is 4.42 Å². The highest BCUT2D eigenvalue weighted by Crippen LogP contribution is 2.23. The summed E-state index contributed by atoms with van der Waals surface area (Å²) in [6, 6.07) is 9.58. The molecule has 0 bridgehead atoms. The molecule has 0 atom stereocenters. The fraction of sp³-hybridized carbons (Fsp3) is 0.143. The molecule has 3 heterocycles. The molecule has 0 amide bonds. The highest BCUT2D eigenvalue weighted by Gasteiger charge is 2.14. The molecule has 108 valence electrons. The smallest absolute Gasteiger partial charge is 0.223 e. The Morgan fingerprint density at radius 2 is 2.14 bits per heavy atom. The predicted octanol–water partition coefficient (Wildman–Crippen LogP) is 3.57. The second-order valence-electron chi connectivity index (χ2n) is 4.42. The van der Waals surface area contributed by atoms with Crippen LogP contribution in [0.25, 0.3) is 0 Å². The molecule has 3 aromatic heterocycles. The Morgan fingerprint density at radius 3 is 2.81 bits per heavy atom. The molecule has 7 heteroatoms. The van der Waals surface area contributed by atoms with E-state index in [2.05, 4.69) is 20.9 Å². The molecule has 0 aromatic carbocycles. The zero-order chi connectivity index (χ0) is 14.7. The summed E-state index contributed by atoms with van der Waals surface area (Å²) in [5.74, 6) is 1.69. The van der Waals surface area contributed by atoms with Crippen LogP contribution in [0.15, 0.2) is 46.4 Å². The van der Waals surface area contributed by atoms with Gasteiger partial charge in [0.25, 0.3) is 0 Å². The second kappa shape index (κ2) is 6.15. The van der Waals surface area contributed by atoms with Crippen LogP contribution in [0.1, 0.15) is 10.6 Å². The van der Waals surface area contributed by atoms with E-state index in [1.807, 2.05) is 23.6 Å². The maximum atomic E-state index is 5.98. The minimum Gasteiger partial charge on any atom is -0.467 e. The number of nitrogen functional groups attached to an aromatic ring is 1. The Hall–Kier alpha value is -2.05. The molecule has 0 aliphatic heterocycles. The lowest BCUT2D eigenvalue weighted by Crippen LogP contribution is -2.23. The largest absolute Gasteiger partial charge is 0.467 e. The topological polar surface area (TPSA) is 68.2 Å². The Kier molecular flexibility index (Phi) is 4.08. The van der Waals surface area contributed by atoms with E-state index in [0.717, 1.165) is 5.76 Å². The van der Waals surface area contributed by atoms with Gasteiger partial charge in [-0.2, -0.15) is 4.98 Å². The van der Waals surface area contributed by atoms with Crippen LogP contribution in [-0.4, -0.2) is 9.97 Å². The molecule has 5 nitrogen and oxygen atoms in total.